The van der Waals surface area contributed by atoms with Crippen molar-refractivity contribution in [2.45, 2.75) is 37.8 Å². The topological polar surface area (TPSA) is 61.9 Å². The smallest absolute Gasteiger partial charge is 0.203 e. The van der Waals surface area contributed by atoms with Crippen molar-refractivity contribution in [1.82, 2.24) is 9.80 Å². The molecule has 2 aliphatic rings. The summed E-state index contributed by atoms with van der Waals surface area (Å²) in [5.74, 6) is 4.23. The number of benzene rings is 3. The molecule has 3 aromatic rings. The molecule has 0 radical (unpaired) electrons. The van der Waals surface area contributed by atoms with Gasteiger partial charge in [-0.15, -0.1) is 0 Å². The fourth-order valence-corrected chi connectivity index (χ4v) is 6.79. The van der Waals surface area contributed by atoms with Crippen LogP contribution >= 0.6 is 0 Å². The van der Waals surface area contributed by atoms with Crippen LogP contribution in [0.2, 0.25) is 0 Å². The van der Waals surface area contributed by atoms with E-state index in [1.807, 2.05) is 0 Å². The van der Waals surface area contributed by atoms with Crippen LogP contribution in [0.3, 0.4) is 0 Å². The van der Waals surface area contributed by atoms with Gasteiger partial charge in [-0.3, -0.25) is 9.80 Å². The Balaban J connectivity index is 1.49. The van der Waals surface area contributed by atoms with Crippen molar-refractivity contribution >= 4 is 0 Å². The van der Waals surface area contributed by atoms with E-state index < -0.39 is 0 Å². The maximum Gasteiger partial charge on any atom is 0.203 e. The minimum absolute atomic E-state index is 0.147. The van der Waals surface area contributed by atoms with E-state index >= 15 is 0 Å². The summed E-state index contributed by atoms with van der Waals surface area (Å²) >= 11 is 0. The second-order valence-corrected chi connectivity index (χ2v) is 11.2. The molecule has 0 N–H and O–H groups in total. The molecule has 2 atom stereocenters. The lowest BCUT2D eigenvalue weighted by atomic mass is 9.85. The fraction of sp³-hybridized carbons (Fsp3) is 0.471. The summed E-state index contributed by atoms with van der Waals surface area (Å²) in [5.41, 5.74) is 7.43. The van der Waals surface area contributed by atoms with Crippen LogP contribution in [0.4, 0.5) is 0 Å². The first-order valence-electron chi connectivity index (χ1n) is 14.5. The molecule has 0 aliphatic carbocycles. The molecule has 0 saturated heterocycles. The molecular weight excluding hydrogens is 532 g/mol. The SMILES string of the molecule is COc1cc2c(c(OC)c1OC)C(Cc1cccc(CC3c4c(cc(OC)c(OC)c4OC)CCN3C)c1)N(C)CC2. The number of likely N-dealkylation sites (N-methyl/N-ethyl adjacent to an activating group) is 2. The highest BCUT2D eigenvalue weighted by Crippen LogP contribution is 2.49. The lowest BCUT2D eigenvalue weighted by Crippen LogP contribution is -2.34. The zero-order valence-electron chi connectivity index (χ0n) is 26.2. The Morgan fingerprint density at radius 3 is 1.33 bits per heavy atom. The largest absolute Gasteiger partial charge is 0.493 e. The highest BCUT2D eigenvalue weighted by Gasteiger charge is 2.34. The summed E-state index contributed by atoms with van der Waals surface area (Å²) in [7, 11) is 14.5. The summed E-state index contributed by atoms with van der Waals surface area (Å²) < 4.78 is 34.7. The predicted octanol–water partition coefficient (Wildman–Crippen LogP) is 5.28. The third-order valence-electron chi connectivity index (χ3n) is 8.96. The number of fused-ring (bicyclic) bond motifs is 2. The first-order chi connectivity index (χ1) is 20.4. The van der Waals surface area contributed by atoms with E-state index in [2.05, 4.69) is 60.3 Å². The molecule has 0 saturated carbocycles. The van der Waals surface area contributed by atoms with Crippen LogP contribution in [-0.4, -0.2) is 79.6 Å². The molecule has 0 amide bonds. The molecule has 42 heavy (non-hydrogen) atoms. The number of rotatable bonds is 10. The van der Waals surface area contributed by atoms with Crippen LogP contribution in [0.5, 0.6) is 34.5 Å². The van der Waals surface area contributed by atoms with E-state index in [4.69, 9.17) is 28.4 Å². The second-order valence-electron chi connectivity index (χ2n) is 11.2. The summed E-state index contributed by atoms with van der Waals surface area (Å²) in [5, 5.41) is 0. The standard InChI is InChI=1S/C34H44N2O6/c1-35-14-12-23-19-27(37-3)31(39-5)33(41-7)29(23)25(35)17-21-10-9-11-22(16-21)18-26-30-24(13-15-36(26)2)20-28(38-4)32(40-6)34(30)42-8/h9-11,16,19-20,25-26H,12-15,17-18H2,1-8H3. The van der Waals surface area contributed by atoms with Gasteiger partial charge >= 0.3 is 0 Å². The summed E-state index contributed by atoms with van der Waals surface area (Å²) in [6, 6.07) is 13.5. The zero-order valence-corrected chi connectivity index (χ0v) is 26.2. The molecule has 2 unspecified atom stereocenters. The number of methoxy groups -OCH3 is 6. The van der Waals surface area contributed by atoms with E-state index in [1.165, 1.54) is 33.4 Å². The average Bonchev–Trinajstić information content (AvgIpc) is 3.01. The third-order valence-corrected chi connectivity index (χ3v) is 8.96. The molecule has 8 heteroatoms. The Morgan fingerprint density at radius 2 is 0.976 bits per heavy atom. The lowest BCUT2D eigenvalue weighted by Gasteiger charge is -2.37. The molecule has 0 bridgehead atoms. The van der Waals surface area contributed by atoms with Crippen LogP contribution < -0.4 is 28.4 Å². The van der Waals surface area contributed by atoms with Gasteiger partial charge in [0.1, 0.15) is 0 Å². The van der Waals surface area contributed by atoms with Crippen LogP contribution in [0.1, 0.15) is 45.5 Å². The highest BCUT2D eigenvalue weighted by atomic mass is 16.5. The van der Waals surface area contributed by atoms with Gasteiger partial charge in [-0.25, -0.2) is 0 Å². The molecular formula is C34H44N2O6. The average molecular weight is 577 g/mol. The number of nitrogens with zero attached hydrogens (tertiary/aromatic N) is 2. The monoisotopic (exact) mass is 576 g/mol. The minimum atomic E-state index is 0.147. The molecule has 5 rings (SSSR count). The molecule has 226 valence electrons. The van der Waals surface area contributed by atoms with Crippen LogP contribution in [0.25, 0.3) is 0 Å². The number of ether oxygens (including phenoxy) is 6. The number of hydrogen-bond acceptors (Lipinski definition) is 8. The van der Waals surface area contributed by atoms with Crippen molar-refractivity contribution < 1.29 is 28.4 Å². The van der Waals surface area contributed by atoms with Crippen molar-refractivity contribution in [2.75, 3.05) is 69.8 Å². The molecule has 0 fully saturated rings. The molecule has 0 aromatic heterocycles. The predicted molar refractivity (Wildman–Crippen MR) is 164 cm³/mol. The minimum Gasteiger partial charge on any atom is -0.493 e. The van der Waals surface area contributed by atoms with Gasteiger partial charge in [-0.2, -0.15) is 0 Å². The molecule has 0 spiro atoms. The van der Waals surface area contributed by atoms with Crippen molar-refractivity contribution in [3.63, 3.8) is 0 Å². The maximum absolute atomic E-state index is 5.95. The number of hydrogen-bond donors (Lipinski definition) is 0. The van der Waals surface area contributed by atoms with Crippen molar-refractivity contribution in [3.8, 4) is 34.5 Å². The third kappa shape index (κ3) is 5.34. The molecule has 2 heterocycles. The van der Waals surface area contributed by atoms with E-state index in [9.17, 15) is 0 Å². The molecule has 2 aliphatic heterocycles. The Hall–Kier alpha value is -3.62. The van der Waals surface area contributed by atoms with Crippen molar-refractivity contribution in [1.29, 1.82) is 0 Å². The van der Waals surface area contributed by atoms with Gasteiger partial charge in [0.05, 0.1) is 42.7 Å². The van der Waals surface area contributed by atoms with Crippen LogP contribution in [0, 0.1) is 0 Å². The second kappa shape index (κ2) is 12.7. The zero-order chi connectivity index (χ0) is 30.0. The van der Waals surface area contributed by atoms with Gasteiger partial charge in [0.25, 0.3) is 0 Å². The molecule has 8 nitrogen and oxygen atoms in total. The quantitative estimate of drug-likeness (QED) is 0.323. The molecule has 3 aromatic carbocycles. The fourth-order valence-electron chi connectivity index (χ4n) is 6.79. The Morgan fingerprint density at radius 1 is 0.571 bits per heavy atom. The van der Waals surface area contributed by atoms with E-state index in [1.54, 1.807) is 42.7 Å². The summed E-state index contributed by atoms with van der Waals surface area (Å²) in [6.07, 6.45) is 3.58. The Labute approximate surface area is 250 Å². The highest BCUT2D eigenvalue weighted by molar-refractivity contribution is 5.62. The van der Waals surface area contributed by atoms with Crippen molar-refractivity contribution in [2.24, 2.45) is 0 Å². The Bertz CT molecular complexity index is 1320. The van der Waals surface area contributed by atoms with E-state index in [0.717, 1.165) is 50.3 Å². The normalized spacial score (nSPS) is 18.6. The van der Waals surface area contributed by atoms with E-state index in [0.29, 0.717) is 23.0 Å². The van der Waals surface area contributed by atoms with Crippen LogP contribution in [0.15, 0.2) is 36.4 Å². The van der Waals surface area contributed by atoms with Gasteiger partial charge in [0.2, 0.25) is 11.5 Å². The van der Waals surface area contributed by atoms with Gasteiger partial charge < -0.3 is 28.4 Å². The summed E-state index contributed by atoms with van der Waals surface area (Å²) in [6.45, 7) is 1.93. The summed E-state index contributed by atoms with van der Waals surface area (Å²) in [4.78, 5) is 4.83. The maximum atomic E-state index is 5.95. The first kappa shape index (κ1) is 29.9. The van der Waals surface area contributed by atoms with E-state index in [-0.39, 0.29) is 12.1 Å². The van der Waals surface area contributed by atoms with Gasteiger partial charge in [0, 0.05) is 36.3 Å². The van der Waals surface area contributed by atoms with Gasteiger partial charge in [-0.1, -0.05) is 24.3 Å². The lowest BCUT2D eigenvalue weighted by molar-refractivity contribution is 0.217. The first-order valence-corrected chi connectivity index (χ1v) is 14.5. The van der Waals surface area contributed by atoms with Gasteiger partial charge in [-0.05, 0) is 74.2 Å². The van der Waals surface area contributed by atoms with Crippen molar-refractivity contribution in [3.05, 3.63) is 69.8 Å². The van der Waals surface area contributed by atoms with Gasteiger partial charge in [0.15, 0.2) is 23.0 Å². The Kier molecular flexibility index (Phi) is 9.04. The van der Waals surface area contributed by atoms with Crippen LogP contribution in [-0.2, 0) is 25.7 Å².